The molecule has 0 bridgehead atoms. The zero-order chi connectivity index (χ0) is 21.8. The Labute approximate surface area is 187 Å². The summed E-state index contributed by atoms with van der Waals surface area (Å²) in [6.45, 7) is 5.59. The molecule has 1 fully saturated rings. The summed E-state index contributed by atoms with van der Waals surface area (Å²) in [6.07, 6.45) is 6.98. The van der Waals surface area contributed by atoms with Gasteiger partial charge in [-0.25, -0.2) is 0 Å². The van der Waals surface area contributed by atoms with Gasteiger partial charge < -0.3 is 10.2 Å². The van der Waals surface area contributed by atoms with Gasteiger partial charge in [-0.1, -0.05) is 31.0 Å². The van der Waals surface area contributed by atoms with Gasteiger partial charge in [-0.15, -0.1) is 11.3 Å². The van der Waals surface area contributed by atoms with Crippen LogP contribution in [0.25, 0.3) is 10.1 Å². The van der Waals surface area contributed by atoms with Gasteiger partial charge in [0, 0.05) is 37.0 Å². The van der Waals surface area contributed by atoms with E-state index in [9.17, 15) is 9.59 Å². The molecule has 4 rings (SSSR count). The van der Waals surface area contributed by atoms with Crippen molar-refractivity contribution >= 4 is 33.2 Å². The Morgan fingerprint density at radius 2 is 2.03 bits per heavy atom. The number of amides is 2. The maximum Gasteiger partial charge on any atom is 0.261 e. The zero-order valence-corrected chi connectivity index (χ0v) is 19.1. The molecular weight excluding hydrogens is 408 g/mol. The van der Waals surface area contributed by atoms with E-state index in [-0.39, 0.29) is 17.9 Å². The molecule has 0 unspecified atom stereocenters. The van der Waals surface area contributed by atoms with Crippen LogP contribution in [0, 0.1) is 6.92 Å². The number of carbonyl (C=O) groups excluding carboxylic acids is 2. The van der Waals surface area contributed by atoms with Crippen LogP contribution in [0.4, 0.5) is 0 Å². The fraction of sp³-hybridized carbons (Fsp3) is 0.458. The lowest BCUT2D eigenvalue weighted by Crippen LogP contribution is -2.40. The van der Waals surface area contributed by atoms with Gasteiger partial charge in [0.1, 0.15) is 0 Å². The number of fused-ring (bicyclic) bond motifs is 1. The van der Waals surface area contributed by atoms with Crippen LogP contribution in [0.3, 0.4) is 0 Å². The van der Waals surface area contributed by atoms with Crippen molar-refractivity contribution in [1.29, 1.82) is 0 Å². The number of aryl methyl sites for hydroxylation is 1. The van der Waals surface area contributed by atoms with E-state index in [1.807, 2.05) is 40.9 Å². The third-order valence-corrected chi connectivity index (χ3v) is 7.24. The first-order chi connectivity index (χ1) is 15.0. The van der Waals surface area contributed by atoms with E-state index in [1.165, 1.54) is 0 Å². The molecule has 1 aromatic carbocycles. The fourth-order valence-corrected chi connectivity index (χ4v) is 5.63. The largest absolute Gasteiger partial charge is 0.349 e. The van der Waals surface area contributed by atoms with Crippen molar-refractivity contribution in [3.63, 3.8) is 0 Å². The Kier molecular flexibility index (Phi) is 6.70. The van der Waals surface area contributed by atoms with Crippen molar-refractivity contribution in [2.24, 2.45) is 0 Å². The van der Waals surface area contributed by atoms with E-state index in [2.05, 4.69) is 22.5 Å². The lowest BCUT2D eigenvalue weighted by molar-refractivity contribution is -0.131. The van der Waals surface area contributed by atoms with Crippen LogP contribution in [-0.2, 0) is 17.8 Å². The fourth-order valence-electron chi connectivity index (χ4n) is 4.48. The van der Waals surface area contributed by atoms with Crippen molar-refractivity contribution in [2.75, 3.05) is 13.1 Å². The maximum atomic E-state index is 13.1. The Hall–Kier alpha value is -2.67. The SMILES string of the molecule is CC(=O)N1CCCCC[C@@H]1Cc1c(C(=O)NCCn2ccc(C)n2)sc2ccccc12. The van der Waals surface area contributed by atoms with Crippen molar-refractivity contribution < 1.29 is 9.59 Å². The van der Waals surface area contributed by atoms with E-state index in [0.717, 1.165) is 64.9 Å². The second-order valence-corrected chi connectivity index (χ2v) is 9.35. The normalized spacial score (nSPS) is 17.0. The van der Waals surface area contributed by atoms with Gasteiger partial charge in [-0.3, -0.25) is 14.3 Å². The average Bonchev–Trinajstić information content (AvgIpc) is 3.24. The molecule has 164 valence electrons. The minimum atomic E-state index is -0.0388. The molecule has 2 aromatic heterocycles. The number of rotatable bonds is 6. The van der Waals surface area contributed by atoms with E-state index in [1.54, 1.807) is 18.3 Å². The van der Waals surface area contributed by atoms with Crippen molar-refractivity contribution in [3.8, 4) is 0 Å². The number of carbonyl (C=O) groups is 2. The molecule has 1 atom stereocenters. The average molecular weight is 439 g/mol. The van der Waals surface area contributed by atoms with Gasteiger partial charge >= 0.3 is 0 Å². The summed E-state index contributed by atoms with van der Waals surface area (Å²) in [5.41, 5.74) is 2.04. The maximum absolute atomic E-state index is 13.1. The molecule has 1 saturated heterocycles. The van der Waals surface area contributed by atoms with Gasteiger partial charge in [0.25, 0.3) is 5.91 Å². The van der Waals surface area contributed by atoms with Crippen molar-refractivity contribution in [1.82, 2.24) is 20.0 Å². The van der Waals surface area contributed by atoms with Gasteiger partial charge in [0.05, 0.1) is 17.1 Å². The molecule has 1 aliphatic heterocycles. The molecule has 0 saturated carbocycles. The molecule has 0 aliphatic carbocycles. The molecule has 6 nitrogen and oxygen atoms in total. The Bertz CT molecular complexity index is 1070. The van der Waals surface area contributed by atoms with E-state index >= 15 is 0 Å². The van der Waals surface area contributed by atoms with E-state index < -0.39 is 0 Å². The highest BCUT2D eigenvalue weighted by Gasteiger charge is 2.27. The number of hydrogen-bond acceptors (Lipinski definition) is 4. The van der Waals surface area contributed by atoms with Gasteiger partial charge in [0.15, 0.2) is 0 Å². The van der Waals surface area contributed by atoms with Crippen LogP contribution in [0.2, 0.25) is 0 Å². The molecule has 1 N–H and O–H groups in total. The first kappa shape index (κ1) is 21.6. The highest BCUT2D eigenvalue weighted by atomic mass is 32.1. The number of nitrogens with zero attached hydrogens (tertiary/aromatic N) is 3. The molecule has 3 aromatic rings. The van der Waals surface area contributed by atoms with Gasteiger partial charge in [-0.2, -0.15) is 5.10 Å². The molecule has 31 heavy (non-hydrogen) atoms. The summed E-state index contributed by atoms with van der Waals surface area (Å²) in [5.74, 6) is 0.0926. The Morgan fingerprint density at radius 1 is 1.19 bits per heavy atom. The molecular formula is C24H30N4O2S. The first-order valence-electron chi connectivity index (χ1n) is 11.1. The van der Waals surface area contributed by atoms with Crippen LogP contribution in [0.15, 0.2) is 36.5 Å². The number of likely N-dealkylation sites (tertiary alicyclic amines) is 1. The molecule has 1 aliphatic rings. The number of aromatic nitrogens is 2. The van der Waals surface area contributed by atoms with E-state index in [0.29, 0.717) is 13.1 Å². The smallest absolute Gasteiger partial charge is 0.261 e. The number of nitrogens with one attached hydrogen (secondary N) is 1. The monoisotopic (exact) mass is 438 g/mol. The lowest BCUT2D eigenvalue weighted by atomic mass is 9.98. The summed E-state index contributed by atoms with van der Waals surface area (Å²) in [4.78, 5) is 28.2. The summed E-state index contributed by atoms with van der Waals surface area (Å²) in [7, 11) is 0. The highest BCUT2D eigenvalue weighted by molar-refractivity contribution is 7.21. The number of hydrogen-bond donors (Lipinski definition) is 1. The quantitative estimate of drug-likeness (QED) is 0.628. The lowest BCUT2D eigenvalue weighted by Gasteiger charge is -2.29. The predicted octanol–water partition coefficient (Wildman–Crippen LogP) is 4.17. The zero-order valence-electron chi connectivity index (χ0n) is 18.3. The Balaban J connectivity index is 1.56. The predicted molar refractivity (Wildman–Crippen MR) is 124 cm³/mol. The standard InChI is InChI=1S/C24H30N4O2S/c1-17-11-14-27(26-17)15-12-25-24(30)23-21(20-9-5-6-10-22(20)31-23)16-19-8-4-3-7-13-28(19)18(2)29/h5-6,9-11,14,19H,3-4,7-8,12-13,15-16H2,1-2H3,(H,25,30)/t19-/m1/s1. The van der Waals surface area contributed by atoms with Crippen LogP contribution in [0.1, 0.15) is 53.5 Å². The summed E-state index contributed by atoms with van der Waals surface area (Å²) >= 11 is 1.55. The highest BCUT2D eigenvalue weighted by Crippen LogP contribution is 2.34. The second-order valence-electron chi connectivity index (χ2n) is 8.30. The van der Waals surface area contributed by atoms with E-state index in [4.69, 9.17) is 0 Å². The minimum absolute atomic E-state index is 0.0388. The molecule has 0 spiro atoms. The molecule has 3 heterocycles. The topological polar surface area (TPSA) is 67.2 Å². The van der Waals surface area contributed by atoms with Crippen LogP contribution < -0.4 is 5.32 Å². The third kappa shape index (κ3) is 4.98. The molecule has 2 amide bonds. The van der Waals surface area contributed by atoms with Gasteiger partial charge in [0.2, 0.25) is 5.91 Å². The van der Waals surface area contributed by atoms with Crippen molar-refractivity contribution in [2.45, 2.75) is 58.5 Å². The Morgan fingerprint density at radius 3 is 2.81 bits per heavy atom. The minimum Gasteiger partial charge on any atom is -0.349 e. The van der Waals surface area contributed by atoms with Gasteiger partial charge in [-0.05, 0) is 49.3 Å². The summed E-state index contributed by atoms with van der Waals surface area (Å²) < 4.78 is 2.96. The van der Waals surface area contributed by atoms with Crippen LogP contribution in [0.5, 0.6) is 0 Å². The van der Waals surface area contributed by atoms with Crippen LogP contribution in [-0.4, -0.2) is 45.6 Å². The summed E-state index contributed by atoms with van der Waals surface area (Å²) in [5, 5.41) is 8.58. The number of thiophene rings is 1. The molecule has 7 heteroatoms. The molecule has 0 radical (unpaired) electrons. The first-order valence-corrected chi connectivity index (χ1v) is 11.9. The second kappa shape index (κ2) is 9.64. The summed E-state index contributed by atoms with van der Waals surface area (Å²) in [6, 6.07) is 10.3. The number of benzene rings is 1. The van der Waals surface area contributed by atoms with Crippen LogP contribution >= 0.6 is 11.3 Å². The third-order valence-electron chi connectivity index (χ3n) is 6.03. The van der Waals surface area contributed by atoms with Crippen molar-refractivity contribution in [3.05, 3.63) is 52.7 Å².